The van der Waals surface area contributed by atoms with Crippen molar-refractivity contribution in [2.24, 2.45) is 0 Å². The van der Waals surface area contributed by atoms with Crippen LogP contribution in [0.3, 0.4) is 0 Å². The largest absolute Gasteiger partial charge is 0.328 e. The van der Waals surface area contributed by atoms with E-state index in [4.69, 9.17) is 12.2 Å². The van der Waals surface area contributed by atoms with E-state index >= 15 is 0 Å². The highest BCUT2D eigenvalue weighted by molar-refractivity contribution is 7.71. The van der Waals surface area contributed by atoms with E-state index in [2.05, 4.69) is 24.0 Å². The number of rotatable bonds is 3. The summed E-state index contributed by atoms with van der Waals surface area (Å²) >= 11 is 7.00. The summed E-state index contributed by atoms with van der Waals surface area (Å²) in [5, 5.41) is 0. The van der Waals surface area contributed by atoms with Gasteiger partial charge in [0.05, 0.1) is 5.52 Å². The maximum atomic E-state index is 13.8. The molecule has 0 bridgehead atoms. The molecule has 0 saturated carbocycles. The third-order valence-corrected chi connectivity index (χ3v) is 4.80. The maximum absolute atomic E-state index is 13.8. The number of nitrogens with one attached hydrogen (secondary N) is 1. The highest BCUT2D eigenvalue weighted by Gasteiger charge is 2.16. The Balaban J connectivity index is 2.07. The Hall–Kier alpha value is -1.53. The Morgan fingerprint density at radius 1 is 1.33 bits per heavy atom. The van der Waals surface area contributed by atoms with Crippen LogP contribution in [0.5, 0.6) is 0 Å². The molecule has 1 aromatic carbocycles. The summed E-state index contributed by atoms with van der Waals surface area (Å²) in [6.07, 6.45) is 0.776. The van der Waals surface area contributed by atoms with Crippen molar-refractivity contribution in [3.8, 4) is 0 Å². The zero-order valence-electron chi connectivity index (χ0n) is 11.6. The van der Waals surface area contributed by atoms with Gasteiger partial charge in [0.2, 0.25) is 0 Å². The van der Waals surface area contributed by atoms with Crippen LogP contribution in [0.4, 0.5) is 8.78 Å². The second kappa shape index (κ2) is 5.35. The van der Waals surface area contributed by atoms with Crippen molar-refractivity contribution in [2.75, 3.05) is 0 Å². The number of nitrogens with zero attached hydrogens (tertiary/aromatic N) is 1. The summed E-state index contributed by atoms with van der Waals surface area (Å²) < 4.78 is 29.5. The van der Waals surface area contributed by atoms with Gasteiger partial charge in [-0.15, -0.1) is 11.3 Å². The minimum absolute atomic E-state index is 0.0190. The van der Waals surface area contributed by atoms with Gasteiger partial charge in [-0.2, -0.15) is 0 Å². The van der Waals surface area contributed by atoms with Crippen LogP contribution in [-0.2, 0) is 6.42 Å². The summed E-state index contributed by atoms with van der Waals surface area (Å²) in [5.41, 5.74) is 0.730. The molecular weight excluding hydrogens is 310 g/mol. The molecule has 6 heteroatoms. The smallest absolute Gasteiger partial charge is 0.178 e. The van der Waals surface area contributed by atoms with Crippen molar-refractivity contribution < 1.29 is 8.78 Å². The Morgan fingerprint density at radius 2 is 2.10 bits per heavy atom. The highest BCUT2D eigenvalue weighted by Crippen LogP contribution is 2.26. The number of hydrogen-bond donors (Lipinski definition) is 1. The molecule has 0 saturated heterocycles. The van der Waals surface area contributed by atoms with Crippen LogP contribution in [0.1, 0.15) is 22.7 Å². The number of fused-ring (bicyclic) bond motifs is 1. The van der Waals surface area contributed by atoms with Gasteiger partial charge < -0.3 is 9.55 Å². The molecule has 0 aliphatic heterocycles. The average molecular weight is 324 g/mol. The number of hydrogen-bond acceptors (Lipinski definition) is 2. The summed E-state index contributed by atoms with van der Waals surface area (Å²) in [6.45, 7) is 4.06. The molecule has 0 aliphatic carbocycles. The van der Waals surface area contributed by atoms with Crippen LogP contribution in [0.2, 0.25) is 0 Å². The summed E-state index contributed by atoms with van der Waals surface area (Å²) in [7, 11) is 0. The monoisotopic (exact) mass is 324 g/mol. The normalized spacial score (nSPS) is 13.0. The summed E-state index contributed by atoms with van der Waals surface area (Å²) in [5.74, 6) is -1.21. The lowest BCUT2D eigenvalue weighted by Gasteiger charge is -2.13. The molecular formula is C15H14F2N2S2. The third-order valence-electron chi connectivity index (χ3n) is 3.48. The van der Waals surface area contributed by atoms with Crippen LogP contribution < -0.4 is 0 Å². The Bertz CT molecular complexity index is 860. The first-order valence-electron chi connectivity index (χ1n) is 6.60. The van der Waals surface area contributed by atoms with Crippen molar-refractivity contribution >= 4 is 34.6 Å². The van der Waals surface area contributed by atoms with Gasteiger partial charge in [-0.3, -0.25) is 0 Å². The minimum Gasteiger partial charge on any atom is -0.328 e. The first kappa shape index (κ1) is 14.4. The standard InChI is InChI=1S/C15H14F2N2S2/c1-8(5-11-4-3-9(2)21-11)19-13-7-10(16)6-12(17)14(13)18-15(19)20/h3-4,6-8H,5H2,1-2H3,(H,18,20). The fourth-order valence-electron chi connectivity index (χ4n) is 2.57. The Labute approximate surface area is 130 Å². The lowest BCUT2D eigenvalue weighted by Crippen LogP contribution is -2.07. The van der Waals surface area contributed by atoms with Gasteiger partial charge in [0.15, 0.2) is 10.6 Å². The molecule has 110 valence electrons. The molecule has 21 heavy (non-hydrogen) atoms. The maximum Gasteiger partial charge on any atom is 0.178 e. The second-order valence-corrected chi connectivity index (χ2v) is 6.91. The van der Waals surface area contributed by atoms with Crippen LogP contribution >= 0.6 is 23.6 Å². The van der Waals surface area contributed by atoms with E-state index in [9.17, 15) is 8.78 Å². The number of halogens is 2. The van der Waals surface area contributed by atoms with Gasteiger partial charge in [-0.1, -0.05) is 0 Å². The fourth-order valence-corrected chi connectivity index (χ4v) is 3.96. The van der Waals surface area contributed by atoms with E-state index in [1.54, 1.807) is 15.9 Å². The molecule has 2 heterocycles. The van der Waals surface area contributed by atoms with E-state index in [1.807, 2.05) is 6.92 Å². The zero-order chi connectivity index (χ0) is 15.1. The molecule has 2 nitrogen and oxygen atoms in total. The van der Waals surface area contributed by atoms with E-state index in [0.717, 1.165) is 12.5 Å². The molecule has 3 rings (SSSR count). The van der Waals surface area contributed by atoms with Crippen molar-refractivity contribution in [1.82, 2.24) is 9.55 Å². The number of imidazole rings is 1. The van der Waals surface area contributed by atoms with Crippen LogP contribution in [0.25, 0.3) is 11.0 Å². The lowest BCUT2D eigenvalue weighted by atomic mass is 10.2. The quantitative estimate of drug-likeness (QED) is 0.661. The molecule has 0 amide bonds. The molecule has 2 aromatic heterocycles. The van der Waals surface area contributed by atoms with Crippen molar-refractivity contribution in [3.05, 3.63) is 50.4 Å². The van der Waals surface area contributed by atoms with Gasteiger partial charge >= 0.3 is 0 Å². The van der Waals surface area contributed by atoms with Gasteiger partial charge in [-0.05, 0) is 44.3 Å². The van der Waals surface area contributed by atoms with E-state index in [0.29, 0.717) is 10.3 Å². The van der Waals surface area contributed by atoms with E-state index in [1.165, 1.54) is 15.8 Å². The molecule has 3 aromatic rings. The summed E-state index contributed by atoms with van der Waals surface area (Å²) in [6, 6.07) is 6.36. The summed E-state index contributed by atoms with van der Waals surface area (Å²) in [4.78, 5) is 5.31. The van der Waals surface area contributed by atoms with Crippen molar-refractivity contribution in [2.45, 2.75) is 26.3 Å². The van der Waals surface area contributed by atoms with Gasteiger partial charge in [0.1, 0.15) is 11.3 Å². The molecule has 1 N–H and O–H groups in total. The Morgan fingerprint density at radius 3 is 2.76 bits per heavy atom. The molecule has 0 aliphatic rings. The second-order valence-electron chi connectivity index (χ2n) is 5.15. The molecule has 0 radical (unpaired) electrons. The van der Waals surface area contributed by atoms with Crippen LogP contribution in [0, 0.1) is 23.3 Å². The van der Waals surface area contributed by atoms with E-state index in [-0.39, 0.29) is 11.6 Å². The van der Waals surface area contributed by atoms with Crippen LogP contribution in [0.15, 0.2) is 24.3 Å². The van der Waals surface area contributed by atoms with Crippen molar-refractivity contribution in [1.29, 1.82) is 0 Å². The number of aromatic nitrogens is 2. The van der Waals surface area contributed by atoms with Gasteiger partial charge in [-0.25, -0.2) is 8.78 Å². The third kappa shape index (κ3) is 2.65. The first-order valence-corrected chi connectivity index (χ1v) is 7.83. The predicted molar refractivity (Wildman–Crippen MR) is 84.5 cm³/mol. The topological polar surface area (TPSA) is 20.7 Å². The minimum atomic E-state index is -0.617. The van der Waals surface area contributed by atoms with Gasteiger partial charge in [0, 0.05) is 28.3 Å². The number of aromatic amines is 1. The first-order chi connectivity index (χ1) is 9.95. The van der Waals surface area contributed by atoms with Crippen molar-refractivity contribution in [3.63, 3.8) is 0 Å². The lowest BCUT2D eigenvalue weighted by molar-refractivity contribution is 0.554. The number of benzene rings is 1. The molecule has 0 fully saturated rings. The number of thiophene rings is 1. The van der Waals surface area contributed by atoms with Crippen LogP contribution in [-0.4, -0.2) is 9.55 Å². The number of aryl methyl sites for hydroxylation is 1. The molecule has 1 unspecified atom stereocenters. The van der Waals surface area contributed by atoms with E-state index < -0.39 is 11.6 Å². The number of H-pyrrole nitrogens is 1. The van der Waals surface area contributed by atoms with Gasteiger partial charge in [0.25, 0.3) is 0 Å². The molecule has 1 atom stereocenters. The molecule has 0 spiro atoms. The predicted octanol–water partition coefficient (Wildman–Crippen LogP) is 5.15. The average Bonchev–Trinajstić information content (AvgIpc) is 2.92. The Kier molecular flexibility index (Phi) is 3.67. The SMILES string of the molecule is Cc1ccc(CC(C)n2c(=S)[nH]c3c(F)cc(F)cc32)s1. The zero-order valence-corrected chi connectivity index (χ0v) is 13.2. The fraction of sp³-hybridized carbons (Fsp3) is 0.267. The highest BCUT2D eigenvalue weighted by atomic mass is 32.1.